The normalized spacial score (nSPS) is 26.4. The Bertz CT molecular complexity index is 5740. The van der Waals surface area contributed by atoms with Crippen molar-refractivity contribution in [2.45, 2.75) is 215 Å². The van der Waals surface area contributed by atoms with Gasteiger partial charge in [0.2, 0.25) is 0 Å². The van der Waals surface area contributed by atoms with Crippen LogP contribution in [0.15, 0.2) is 139 Å². The lowest BCUT2D eigenvalue weighted by molar-refractivity contribution is -0.0167. The average molecular weight is 1770 g/mol. The zero-order valence-corrected chi connectivity index (χ0v) is 69.0. The molecule has 0 bridgehead atoms. The van der Waals surface area contributed by atoms with Crippen molar-refractivity contribution < 1.29 is 64.2 Å². The second-order valence-electron chi connectivity index (χ2n) is 32.1. The Morgan fingerprint density at radius 1 is 0.444 bits per heavy atom. The largest absolute Gasteiger partial charge is 0.487 e. The smallest absolute Gasteiger partial charge is 0.143 e. The third kappa shape index (κ3) is 15.5. The summed E-state index contributed by atoms with van der Waals surface area (Å²) in [5.41, 5.74) is 16.4. The van der Waals surface area contributed by atoms with Crippen LogP contribution < -0.4 is 34.9 Å². The highest BCUT2D eigenvalue weighted by atomic mass is 127. The van der Waals surface area contributed by atoms with E-state index in [4.69, 9.17) is 18.9 Å². The van der Waals surface area contributed by atoms with Crippen molar-refractivity contribution in [3.05, 3.63) is 221 Å². The van der Waals surface area contributed by atoms with Crippen LogP contribution in [0.1, 0.15) is 135 Å². The molecule has 0 amide bonds. The van der Waals surface area contributed by atoms with Gasteiger partial charge in [-0.05, 0) is 248 Å². The summed E-state index contributed by atoms with van der Waals surface area (Å²) in [5, 5.41) is 109. The van der Waals surface area contributed by atoms with Gasteiger partial charge in [-0.25, -0.2) is 29.3 Å². The molecule has 12 heterocycles. The van der Waals surface area contributed by atoms with E-state index in [1.165, 1.54) is 33.0 Å². The molecule has 5 aliphatic carbocycles. The number of nitrogens with zero attached hydrogens (tertiary/aromatic N) is 11. The molecule has 9 aromatic heterocycles. The molecule has 0 saturated heterocycles. The van der Waals surface area contributed by atoms with Gasteiger partial charge in [-0.3, -0.25) is 4.98 Å². The van der Waals surface area contributed by atoms with E-state index in [0.29, 0.717) is 84.6 Å². The Hall–Kier alpha value is -9.11. The van der Waals surface area contributed by atoms with Gasteiger partial charge in [0.05, 0.1) is 52.2 Å². The average Bonchev–Trinajstić information content (AvgIpc) is 1.66. The van der Waals surface area contributed by atoms with Gasteiger partial charge < -0.3 is 94.0 Å². The minimum atomic E-state index is -1.06. The highest BCUT2D eigenvalue weighted by Crippen LogP contribution is 2.45. The van der Waals surface area contributed by atoms with Crippen molar-refractivity contribution in [1.29, 1.82) is 5.26 Å². The molecule has 117 heavy (non-hydrogen) atoms. The van der Waals surface area contributed by atoms with Crippen molar-refractivity contribution in [2.75, 3.05) is 19.6 Å². The molecule has 29 heteroatoms. The molecule has 11 N–H and O–H groups in total. The Morgan fingerprint density at radius 3 is 1.38 bits per heavy atom. The molecule has 20 rings (SSSR count). The summed E-state index contributed by atoms with van der Waals surface area (Å²) in [6, 6.07) is 24.1. The molecule has 4 saturated carbocycles. The fraction of sp³-hybridized carbons (Fsp3) is 0.420. The Labute approximate surface area is 697 Å². The fourth-order valence-corrected chi connectivity index (χ4v) is 19.8. The molecule has 26 nitrogen and oxygen atoms in total. The van der Waals surface area contributed by atoms with Gasteiger partial charge in [0.1, 0.15) is 131 Å². The molecule has 0 radical (unpaired) electrons. The second kappa shape index (κ2) is 33.9. The highest BCUT2D eigenvalue weighted by Gasteiger charge is 2.49. The number of aromatic nitrogens is 10. The van der Waals surface area contributed by atoms with Crippen LogP contribution in [0.5, 0.6) is 23.0 Å². The van der Waals surface area contributed by atoms with Crippen LogP contribution in [-0.2, 0) is 51.7 Å². The standard InChI is InChI=1S/C23H24N4O3.C22H23BrFN3O3.C22H24IN3O3.C21H24N4O3/c1-13-2-6-26-23-16(13)4-7-27(23)18-10-20(22(29)21(18)28)30-19-9-14(11-24)8-15-3-5-25-12-17(15)19;1-11-2-6-26-22-12(11)4-7-27(22)16-9-18(21(29)20(16)28)30-17-8-15(23)19(24)13-3-5-25-10-14(13)17;1-12-13-8-9-26(22(13)25-11-24-12)17-10-19(21(28)20(17)27)29-18-7-6-16(23)14-4-2-3-5-15(14)18;1-12-2-6-24-21-14(12)4-7-25(21)16-8-17(20(27)19(16)26)28-18-11-23-9-13-3-5-22-10-15(13)18/h2,4,6-9,18,20-22,25,28-29H,3,5,10,12H2,1H3;2,4,6-8,16,18,20-21,25,28-29H,3,5,9-10H2,1H3;6-9,11,17,19-21,27-28H,2-5,10H2,1H3;2,4,6-7,9,11,16-17,19-20,22,26-27H,3,5,8,10H2,1H3/t18?,20?,21-,22+;16?,18?,20-,21+;17?,19?,20-,21+;16?,17?,19-,20+/m0000/s1. The van der Waals surface area contributed by atoms with Gasteiger partial charge in [0.25, 0.3) is 0 Å². The van der Waals surface area contributed by atoms with Gasteiger partial charge in [-0.15, -0.1) is 0 Å². The minimum absolute atomic E-state index is 0.260. The van der Waals surface area contributed by atoms with Crippen LogP contribution in [-0.4, -0.2) is 182 Å². The summed E-state index contributed by atoms with van der Waals surface area (Å²) in [6.45, 7) is 12.4. The quantitative estimate of drug-likeness (QED) is 0.0507. The van der Waals surface area contributed by atoms with Gasteiger partial charge in [0.15, 0.2) is 0 Å². The van der Waals surface area contributed by atoms with Gasteiger partial charge in [0, 0.05) is 137 Å². The third-order valence-corrected chi connectivity index (χ3v) is 26.7. The summed E-state index contributed by atoms with van der Waals surface area (Å²) in [6.07, 6.45) is 16.8. The van der Waals surface area contributed by atoms with Crippen LogP contribution >= 0.6 is 38.5 Å². The maximum absolute atomic E-state index is 14.5. The number of benzene rings is 3. The summed E-state index contributed by atoms with van der Waals surface area (Å²) in [4.78, 5) is 26.4. The number of hydrogen-bond acceptors (Lipinski definition) is 22. The molecular formula is C88H95BrFIN14O12. The van der Waals surface area contributed by atoms with Crippen molar-refractivity contribution in [1.82, 2.24) is 64.1 Å². The molecule has 16 atom stereocenters. The Balaban J connectivity index is 0.000000112. The Morgan fingerprint density at radius 2 is 0.872 bits per heavy atom. The first-order chi connectivity index (χ1) is 56.7. The van der Waals surface area contributed by atoms with E-state index in [0.717, 1.165) is 146 Å². The number of aryl methyl sites for hydroxylation is 4. The zero-order chi connectivity index (χ0) is 81.2. The zero-order valence-electron chi connectivity index (χ0n) is 65.2. The fourth-order valence-electron chi connectivity index (χ4n) is 18.6. The molecule has 0 spiro atoms. The van der Waals surface area contributed by atoms with Crippen molar-refractivity contribution in [2.24, 2.45) is 0 Å². The lowest BCUT2D eigenvalue weighted by Gasteiger charge is -2.25. The predicted octanol–water partition coefficient (Wildman–Crippen LogP) is 9.82. The van der Waals surface area contributed by atoms with Gasteiger partial charge in [-0.1, -0.05) is 0 Å². The van der Waals surface area contributed by atoms with Crippen molar-refractivity contribution in [3.8, 4) is 29.1 Å². The number of fused-ring (bicyclic) bond motifs is 8. The number of halogens is 3. The van der Waals surface area contributed by atoms with E-state index in [1.807, 2.05) is 132 Å². The van der Waals surface area contributed by atoms with Crippen molar-refractivity contribution >= 4 is 82.7 Å². The number of ether oxygens (including phenoxy) is 4. The lowest BCUT2D eigenvalue weighted by atomic mass is 9.91. The summed E-state index contributed by atoms with van der Waals surface area (Å²) in [5.74, 6) is 2.43. The molecule has 12 aromatic rings. The molecule has 8 aliphatic rings. The first-order valence-electron chi connectivity index (χ1n) is 40.3. The summed E-state index contributed by atoms with van der Waals surface area (Å²) >= 11 is 5.67. The van der Waals surface area contributed by atoms with Crippen LogP contribution in [0.4, 0.5) is 4.39 Å². The lowest BCUT2D eigenvalue weighted by Crippen LogP contribution is -2.35. The maximum atomic E-state index is 14.5. The van der Waals surface area contributed by atoms with Gasteiger partial charge in [-0.2, -0.15) is 5.26 Å². The second-order valence-corrected chi connectivity index (χ2v) is 34.1. The predicted molar refractivity (Wildman–Crippen MR) is 448 cm³/mol. The number of hydrogen-bond donors (Lipinski definition) is 11. The van der Waals surface area contributed by atoms with Gasteiger partial charge >= 0.3 is 0 Å². The number of rotatable bonds is 12. The summed E-state index contributed by atoms with van der Waals surface area (Å²) in [7, 11) is 0. The van der Waals surface area contributed by atoms with E-state index in [1.54, 1.807) is 36.9 Å². The molecular weight excluding hydrogens is 1670 g/mol. The number of aliphatic hydroxyl groups is 8. The highest BCUT2D eigenvalue weighted by molar-refractivity contribution is 14.1. The first-order valence-corrected chi connectivity index (χ1v) is 42.2. The van der Waals surface area contributed by atoms with Crippen LogP contribution in [0, 0.1) is 48.4 Å². The number of nitrogens with one attached hydrogen (secondary N) is 3. The molecule has 3 aliphatic heterocycles. The summed E-state index contributed by atoms with van der Waals surface area (Å²) < 4.78 is 48.8. The first kappa shape index (κ1) is 80.3. The van der Waals surface area contributed by atoms with E-state index < -0.39 is 73.2 Å². The topological polar surface area (TPSA) is 356 Å². The molecule has 3 aromatic carbocycles. The molecule has 610 valence electrons. The molecule has 8 unspecified atom stereocenters. The molecule has 4 fully saturated rings. The van der Waals surface area contributed by atoms with Crippen LogP contribution in [0.2, 0.25) is 0 Å². The van der Waals surface area contributed by atoms with E-state index in [9.17, 15) is 50.5 Å². The number of aliphatic hydroxyl groups excluding tert-OH is 8. The monoisotopic (exact) mass is 1760 g/mol. The number of nitriles is 1. The van der Waals surface area contributed by atoms with Crippen LogP contribution in [0.3, 0.4) is 0 Å². The van der Waals surface area contributed by atoms with Crippen molar-refractivity contribution in [3.63, 3.8) is 0 Å². The minimum Gasteiger partial charge on any atom is -0.487 e. The maximum Gasteiger partial charge on any atom is 0.143 e. The van der Waals surface area contributed by atoms with E-state index in [-0.39, 0.29) is 30.0 Å². The van der Waals surface area contributed by atoms with E-state index >= 15 is 0 Å². The van der Waals surface area contributed by atoms with E-state index in [2.05, 4.69) is 96.5 Å². The third-order valence-electron chi connectivity index (χ3n) is 25.1. The Kier molecular flexibility index (Phi) is 23.3. The van der Waals surface area contributed by atoms with Crippen LogP contribution in [0.25, 0.3) is 44.1 Å². The number of pyridine rings is 4. The SMILES string of the molecule is Cc1ccnc2c1ccn2C1CC(Oc2cc(Br)c(F)c3c2CNCC3)[C@@H](O)[C@H]1O.Cc1ccnc2c1ccn2C1CC(Oc2cc(C#N)cc3c2CNCC3)[C@@H](O)[C@H]1O.Cc1ccnc2c1ccn2C1CC(Oc2cncc3c2CNCC3)[C@@H](O)[C@H]1O.Cc1ncnc2c1ccn2C1CC(Oc2ccc(I)c3c2CCCC3)[C@@H](O)[C@H]1O.